The van der Waals surface area contributed by atoms with Crippen LogP contribution in [-0.2, 0) is 0 Å². The third-order valence-electron chi connectivity index (χ3n) is 2.93. The number of allylic oxidation sites excluding steroid dienone is 3. The Hall–Kier alpha value is -2.42. The molecule has 104 valence electrons. The molecule has 1 aromatic rings. The Labute approximate surface area is 121 Å². The minimum absolute atomic E-state index is 0.721. The van der Waals surface area contributed by atoms with Crippen LogP contribution in [0.4, 0.5) is 5.69 Å². The van der Waals surface area contributed by atoms with Crippen LogP contribution in [-0.4, -0.2) is 12.4 Å². The van der Waals surface area contributed by atoms with Crippen LogP contribution < -0.4 is 5.32 Å². The van der Waals surface area contributed by atoms with Gasteiger partial charge in [-0.15, -0.1) is 0 Å². The van der Waals surface area contributed by atoms with Gasteiger partial charge in [0.1, 0.15) is 0 Å². The van der Waals surface area contributed by atoms with Gasteiger partial charge in [0, 0.05) is 29.4 Å². The van der Waals surface area contributed by atoms with Gasteiger partial charge in [0.2, 0.25) is 0 Å². The molecule has 0 aliphatic heterocycles. The van der Waals surface area contributed by atoms with E-state index in [0.29, 0.717) is 0 Å². The molecule has 1 aromatic carbocycles. The Balaban J connectivity index is 3.20. The van der Waals surface area contributed by atoms with Crippen LogP contribution in [0, 0.1) is 12.3 Å². The van der Waals surface area contributed by atoms with Gasteiger partial charge in [-0.3, -0.25) is 4.99 Å². The van der Waals surface area contributed by atoms with E-state index in [4.69, 9.17) is 5.41 Å². The average molecular weight is 267 g/mol. The highest BCUT2D eigenvalue weighted by molar-refractivity contribution is 6.10. The van der Waals surface area contributed by atoms with Crippen molar-refractivity contribution in [3.8, 4) is 0 Å². The second-order valence-corrected chi connectivity index (χ2v) is 4.60. The standard InChI is InChI=1S/C17H21N3/c1-6-19-17-8-7-15(9-13(17)4)14(5)16(10-18)11-20-12(2)3/h6-11,18-19H,1-2H2,3-5H3/b16-14+,18-10?,20-11-. The molecular weight excluding hydrogens is 246 g/mol. The molecule has 0 radical (unpaired) electrons. The van der Waals surface area contributed by atoms with Crippen LogP contribution >= 0.6 is 0 Å². The minimum Gasteiger partial charge on any atom is -0.362 e. The van der Waals surface area contributed by atoms with Crippen molar-refractivity contribution in [2.45, 2.75) is 20.8 Å². The third kappa shape index (κ3) is 4.05. The lowest BCUT2D eigenvalue weighted by Crippen LogP contribution is -1.95. The number of nitrogens with zero attached hydrogens (tertiary/aromatic N) is 1. The SMILES string of the molecule is C=CNc1ccc(/C(C)=C(C=N)/C=N\C(=C)C)cc1C. The number of anilines is 1. The summed E-state index contributed by atoms with van der Waals surface area (Å²) in [4.78, 5) is 4.16. The van der Waals surface area contributed by atoms with Crippen molar-refractivity contribution < 1.29 is 0 Å². The zero-order valence-electron chi connectivity index (χ0n) is 12.3. The number of aliphatic imine (C=N–C) groups is 1. The van der Waals surface area contributed by atoms with E-state index in [1.54, 1.807) is 12.4 Å². The molecule has 0 bridgehead atoms. The van der Waals surface area contributed by atoms with Crippen LogP contribution in [0.3, 0.4) is 0 Å². The Morgan fingerprint density at radius 2 is 2.05 bits per heavy atom. The molecule has 0 spiro atoms. The normalized spacial score (nSPS) is 11.9. The molecule has 20 heavy (non-hydrogen) atoms. The Morgan fingerprint density at radius 1 is 1.35 bits per heavy atom. The van der Waals surface area contributed by atoms with Crippen molar-refractivity contribution >= 4 is 23.7 Å². The van der Waals surface area contributed by atoms with Crippen molar-refractivity contribution in [2.75, 3.05) is 5.32 Å². The molecule has 0 fully saturated rings. The first kappa shape index (κ1) is 15.6. The van der Waals surface area contributed by atoms with E-state index in [1.807, 2.05) is 32.9 Å². The van der Waals surface area contributed by atoms with Crippen LogP contribution in [0.2, 0.25) is 0 Å². The Kier molecular flexibility index (Phi) is 5.66. The molecule has 0 aromatic heterocycles. The van der Waals surface area contributed by atoms with E-state index < -0.39 is 0 Å². The summed E-state index contributed by atoms with van der Waals surface area (Å²) < 4.78 is 0. The summed E-state index contributed by atoms with van der Waals surface area (Å²) in [6, 6.07) is 6.11. The van der Waals surface area contributed by atoms with Crippen LogP contribution in [0.1, 0.15) is 25.0 Å². The van der Waals surface area contributed by atoms with Gasteiger partial charge in [-0.05, 0) is 55.8 Å². The maximum absolute atomic E-state index is 7.52. The monoisotopic (exact) mass is 267 g/mol. The molecule has 1 rings (SSSR count). The first-order chi connectivity index (χ1) is 9.49. The Bertz CT molecular complexity index is 592. The molecule has 0 unspecified atom stereocenters. The summed E-state index contributed by atoms with van der Waals surface area (Å²) in [6.07, 6.45) is 4.65. The van der Waals surface area contributed by atoms with Crippen molar-refractivity contribution in [2.24, 2.45) is 4.99 Å². The molecule has 0 aliphatic carbocycles. The largest absolute Gasteiger partial charge is 0.362 e. The molecule has 0 saturated carbocycles. The molecule has 0 aliphatic rings. The summed E-state index contributed by atoms with van der Waals surface area (Å²) >= 11 is 0. The maximum Gasteiger partial charge on any atom is 0.0409 e. The minimum atomic E-state index is 0.721. The van der Waals surface area contributed by atoms with E-state index in [2.05, 4.69) is 29.5 Å². The highest BCUT2D eigenvalue weighted by Gasteiger charge is 2.04. The maximum atomic E-state index is 7.52. The van der Waals surface area contributed by atoms with Gasteiger partial charge < -0.3 is 10.7 Å². The van der Waals surface area contributed by atoms with Crippen LogP contribution in [0.5, 0.6) is 0 Å². The van der Waals surface area contributed by atoms with E-state index in [9.17, 15) is 0 Å². The summed E-state index contributed by atoms with van der Waals surface area (Å²) in [5.74, 6) is 0. The first-order valence-corrected chi connectivity index (χ1v) is 6.39. The van der Waals surface area contributed by atoms with E-state index in [0.717, 1.165) is 33.7 Å². The second-order valence-electron chi connectivity index (χ2n) is 4.60. The zero-order chi connectivity index (χ0) is 15.1. The van der Waals surface area contributed by atoms with Gasteiger partial charge in [0.25, 0.3) is 0 Å². The fourth-order valence-electron chi connectivity index (χ4n) is 1.76. The lowest BCUT2D eigenvalue weighted by atomic mass is 10.00. The zero-order valence-corrected chi connectivity index (χ0v) is 12.3. The molecule has 0 amide bonds. The third-order valence-corrected chi connectivity index (χ3v) is 2.93. The van der Waals surface area contributed by atoms with Gasteiger partial charge in [-0.25, -0.2) is 0 Å². The van der Waals surface area contributed by atoms with Crippen molar-refractivity contribution in [1.29, 1.82) is 5.41 Å². The molecule has 3 heteroatoms. The van der Waals surface area contributed by atoms with Gasteiger partial charge >= 0.3 is 0 Å². The van der Waals surface area contributed by atoms with Crippen LogP contribution in [0.15, 0.2) is 53.8 Å². The number of aryl methyl sites for hydroxylation is 1. The second kappa shape index (κ2) is 7.24. The Morgan fingerprint density at radius 3 is 2.55 bits per heavy atom. The average Bonchev–Trinajstić information content (AvgIpc) is 2.41. The fraction of sp³-hybridized carbons (Fsp3) is 0.176. The van der Waals surface area contributed by atoms with Gasteiger partial charge in [-0.1, -0.05) is 19.2 Å². The quantitative estimate of drug-likeness (QED) is 0.728. The van der Waals surface area contributed by atoms with E-state index in [-0.39, 0.29) is 0 Å². The summed E-state index contributed by atoms with van der Waals surface area (Å²) in [6.45, 7) is 13.2. The molecule has 0 atom stereocenters. The highest BCUT2D eigenvalue weighted by Crippen LogP contribution is 2.23. The predicted octanol–water partition coefficient (Wildman–Crippen LogP) is 4.58. The molecule has 2 N–H and O–H groups in total. The smallest absolute Gasteiger partial charge is 0.0409 e. The van der Waals surface area contributed by atoms with Crippen LogP contribution in [0.25, 0.3) is 5.57 Å². The lowest BCUT2D eigenvalue weighted by molar-refractivity contribution is 1.34. The van der Waals surface area contributed by atoms with Crippen molar-refractivity contribution in [1.82, 2.24) is 0 Å². The summed E-state index contributed by atoms with van der Waals surface area (Å²) in [5.41, 5.74) is 5.74. The van der Waals surface area contributed by atoms with Crippen molar-refractivity contribution in [3.05, 3.63) is 60.0 Å². The number of benzene rings is 1. The lowest BCUT2D eigenvalue weighted by Gasteiger charge is -2.10. The number of nitrogens with one attached hydrogen (secondary N) is 2. The number of hydrogen-bond donors (Lipinski definition) is 2. The molecule has 0 heterocycles. The topological polar surface area (TPSA) is 48.2 Å². The number of rotatable bonds is 6. The van der Waals surface area contributed by atoms with Crippen molar-refractivity contribution in [3.63, 3.8) is 0 Å². The van der Waals surface area contributed by atoms with E-state index in [1.165, 1.54) is 6.21 Å². The molecule has 3 nitrogen and oxygen atoms in total. The van der Waals surface area contributed by atoms with Gasteiger partial charge in [0.15, 0.2) is 0 Å². The summed E-state index contributed by atoms with van der Waals surface area (Å²) in [5, 5.41) is 10.6. The molecular formula is C17H21N3. The first-order valence-electron chi connectivity index (χ1n) is 6.39. The fourth-order valence-corrected chi connectivity index (χ4v) is 1.76. The van der Waals surface area contributed by atoms with Gasteiger partial charge in [0.05, 0.1) is 0 Å². The number of hydrogen-bond acceptors (Lipinski definition) is 3. The van der Waals surface area contributed by atoms with E-state index >= 15 is 0 Å². The highest BCUT2D eigenvalue weighted by atomic mass is 14.8. The predicted molar refractivity (Wildman–Crippen MR) is 89.7 cm³/mol. The molecule has 0 saturated heterocycles. The van der Waals surface area contributed by atoms with Gasteiger partial charge in [-0.2, -0.15) is 0 Å². The summed E-state index contributed by atoms with van der Waals surface area (Å²) in [7, 11) is 0.